The van der Waals surface area contributed by atoms with Crippen LogP contribution < -0.4 is 5.32 Å². The molecule has 3 aromatic rings. The predicted molar refractivity (Wildman–Crippen MR) is 118 cm³/mol. The van der Waals surface area contributed by atoms with E-state index in [4.69, 9.17) is 9.72 Å². The molecule has 0 aromatic carbocycles. The summed E-state index contributed by atoms with van der Waals surface area (Å²) in [6.07, 6.45) is 4.90. The Morgan fingerprint density at radius 1 is 1.26 bits per heavy atom. The van der Waals surface area contributed by atoms with Crippen molar-refractivity contribution >= 4 is 16.9 Å². The lowest BCUT2D eigenvalue weighted by atomic mass is 10.1. The topological polar surface area (TPSA) is 85.2 Å². The molecular weight excluding hydrogens is 392 g/mol. The van der Waals surface area contributed by atoms with Crippen molar-refractivity contribution in [1.82, 2.24) is 30.0 Å². The minimum Gasteiger partial charge on any atom is -0.379 e. The first-order chi connectivity index (χ1) is 15.2. The molecule has 0 spiro atoms. The summed E-state index contributed by atoms with van der Waals surface area (Å²) >= 11 is 0. The van der Waals surface area contributed by atoms with E-state index in [-0.39, 0.29) is 5.91 Å². The molecule has 4 heterocycles. The first-order valence-electron chi connectivity index (χ1n) is 11.1. The summed E-state index contributed by atoms with van der Waals surface area (Å²) in [6.45, 7) is 7.07. The zero-order chi connectivity index (χ0) is 21.2. The molecule has 1 saturated heterocycles. The van der Waals surface area contributed by atoms with Crippen molar-refractivity contribution in [3.05, 3.63) is 47.4 Å². The number of carbonyl (C=O) groups is 1. The normalized spacial score (nSPS) is 17.2. The van der Waals surface area contributed by atoms with E-state index < -0.39 is 0 Å². The summed E-state index contributed by atoms with van der Waals surface area (Å²) < 4.78 is 7.15. The van der Waals surface area contributed by atoms with Crippen molar-refractivity contribution in [1.29, 1.82) is 0 Å². The van der Waals surface area contributed by atoms with Crippen molar-refractivity contribution in [2.45, 2.75) is 32.1 Å². The van der Waals surface area contributed by atoms with E-state index in [2.05, 4.69) is 20.3 Å². The Labute approximate surface area is 181 Å². The van der Waals surface area contributed by atoms with E-state index in [1.807, 2.05) is 31.2 Å². The molecule has 1 saturated carbocycles. The number of ether oxygens (including phenoxy) is 1. The average molecular weight is 421 g/mol. The lowest BCUT2D eigenvalue weighted by molar-refractivity contribution is 0.0374. The molecule has 162 valence electrons. The van der Waals surface area contributed by atoms with Crippen LogP contribution in [0.3, 0.4) is 0 Å². The van der Waals surface area contributed by atoms with Crippen molar-refractivity contribution < 1.29 is 9.53 Å². The van der Waals surface area contributed by atoms with Crippen LogP contribution in [-0.2, 0) is 4.74 Å². The minimum absolute atomic E-state index is 0.0556. The van der Waals surface area contributed by atoms with Gasteiger partial charge in [0.2, 0.25) is 0 Å². The van der Waals surface area contributed by atoms with Crippen molar-refractivity contribution in [3.63, 3.8) is 0 Å². The van der Waals surface area contributed by atoms with E-state index in [1.165, 1.54) is 0 Å². The molecule has 1 N–H and O–H groups in total. The van der Waals surface area contributed by atoms with Crippen LogP contribution >= 0.6 is 0 Å². The van der Waals surface area contributed by atoms with Crippen molar-refractivity contribution in [3.8, 4) is 5.82 Å². The van der Waals surface area contributed by atoms with Gasteiger partial charge in [-0.2, -0.15) is 9.78 Å². The number of rotatable bonds is 7. The van der Waals surface area contributed by atoms with Crippen molar-refractivity contribution in [2.24, 2.45) is 0 Å². The quantitative estimate of drug-likeness (QED) is 0.591. The van der Waals surface area contributed by atoms with Gasteiger partial charge in [0.05, 0.1) is 29.9 Å². The highest BCUT2D eigenvalue weighted by Gasteiger charge is 2.29. The van der Waals surface area contributed by atoms with E-state index in [9.17, 15) is 4.79 Å². The van der Waals surface area contributed by atoms with Gasteiger partial charge in [-0.25, -0.2) is 9.97 Å². The third kappa shape index (κ3) is 4.31. The van der Waals surface area contributed by atoms with E-state index in [0.29, 0.717) is 29.5 Å². The standard InChI is InChI=1S/C23H28N6O2/c1-16-21-18(23(30)25-9-4-10-28-11-13-31-14-12-28)15-19(17-6-7-17)26-22(21)29(27-16)20-5-2-3-8-24-20/h2-3,5,8,15,17H,4,6-7,9-14H2,1H3,(H,25,30). The van der Waals surface area contributed by atoms with Crippen LogP contribution in [0.4, 0.5) is 0 Å². The van der Waals surface area contributed by atoms with Crippen LogP contribution in [0.15, 0.2) is 30.5 Å². The number of pyridine rings is 2. The molecular formula is C23H28N6O2. The third-order valence-corrected chi connectivity index (χ3v) is 5.98. The molecule has 2 fully saturated rings. The van der Waals surface area contributed by atoms with Gasteiger partial charge in [0.25, 0.3) is 5.91 Å². The van der Waals surface area contributed by atoms with Crippen LogP contribution in [0.5, 0.6) is 0 Å². The molecule has 8 heteroatoms. The number of amides is 1. The van der Waals surface area contributed by atoms with Gasteiger partial charge in [-0.1, -0.05) is 6.07 Å². The number of aryl methyl sites for hydroxylation is 1. The van der Waals surface area contributed by atoms with Gasteiger partial charge in [-0.05, 0) is 50.9 Å². The van der Waals surface area contributed by atoms with Gasteiger partial charge in [0.15, 0.2) is 11.5 Å². The van der Waals surface area contributed by atoms with E-state index in [1.54, 1.807) is 10.9 Å². The van der Waals surface area contributed by atoms with E-state index in [0.717, 1.165) is 68.9 Å². The van der Waals surface area contributed by atoms with Crippen LogP contribution in [0.2, 0.25) is 0 Å². The maximum atomic E-state index is 13.2. The number of nitrogens with one attached hydrogen (secondary N) is 1. The molecule has 0 bridgehead atoms. The smallest absolute Gasteiger partial charge is 0.252 e. The fourth-order valence-electron chi connectivity index (χ4n) is 4.14. The number of morpholine rings is 1. The number of hydrogen-bond acceptors (Lipinski definition) is 6. The highest BCUT2D eigenvalue weighted by Crippen LogP contribution is 2.40. The van der Waals surface area contributed by atoms with E-state index >= 15 is 0 Å². The Kier molecular flexibility index (Phi) is 5.65. The van der Waals surface area contributed by atoms with Gasteiger partial charge < -0.3 is 10.1 Å². The molecule has 0 atom stereocenters. The molecule has 1 amide bonds. The van der Waals surface area contributed by atoms with Crippen LogP contribution in [0.25, 0.3) is 16.9 Å². The molecule has 1 aliphatic heterocycles. The Hall–Kier alpha value is -2.84. The van der Waals surface area contributed by atoms with Gasteiger partial charge in [-0.3, -0.25) is 9.69 Å². The highest BCUT2D eigenvalue weighted by molar-refractivity contribution is 6.06. The number of carbonyl (C=O) groups excluding carboxylic acids is 1. The second-order valence-corrected chi connectivity index (χ2v) is 8.32. The number of nitrogens with zero attached hydrogens (tertiary/aromatic N) is 5. The molecule has 0 unspecified atom stereocenters. The minimum atomic E-state index is -0.0556. The third-order valence-electron chi connectivity index (χ3n) is 5.98. The molecule has 3 aromatic heterocycles. The maximum absolute atomic E-state index is 13.2. The Bertz CT molecular complexity index is 1070. The highest BCUT2D eigenvalue weighted by atomic mass is 16.5. The molecule has 2 aliphatic rings. The molecule has 1 aliphatic carbocycles. The molecule has 5 rings (SSSR count). The summed E-state index contributed by atoms with van der Waals surface area (Å²) in [5.74, 6) is 1.09. The zero-order valence-electron chi connectivity index (χ0n) is 17.9. The SMILES string of the molecule is Cc1nn(-c2ccccn2)c2nc(C3CC3)cc(C(=O)NCCCN3CCOCC3)c12. The zero-order valence-corrected chi connectivity index (χ0v) is 17.9. The monoisotopic (exact) mass is 420 g/mol. The number of hydrogen-bond donors (Lipinski definition) is 1. The van der Waals surface area contributed by atoms with Gasteiger partial charge >= 0.3 is 0 Å². The van der Waals surface area contributed by atoms with Crippen LogP contribution in [0.1, 0.15) is 46.9 Å². The predicted octanol–water partition coefficient (Wildman–Crippen LogP) is 2.45. The molecule has 8 nitrogen and oxygen atoms in total. The molecule has 0 radical (unpaired) electrons. The average Bonchev–Trinajstić information content (AvgIpc) is 3.61. The fourth-order valence-corrected chi connectivity index (χ4v) is 4.14. The number of aromatic nitrogens is 4. The van der Waals surface area contributed by atoms with Gasteiger partial charge in [0, 0.05) is 37.4 Å². The Morgan fingerprint density at radius 3 is 2.84 bits per heavy atom. The Balaban J connectivity index is 1.39. The summed E-state index contributed by atoms with van der Waals surface area (Å²) in [5.41, 5.74) is 3.13. The number of fused-ring (bicyclic) bond motifs is 1. The van der Waals surface area contributed by atoms with Crippen molar-refractivity contribution in [2.75, 3.05) is 39.4 Å². The van der Waals surface area contributed by atoms with Crippen LogP contribution in [0, 0.1) is 6.92 Å². The summed E-state index contributed by atoms with van der Waals surface area (Å²) in [6, 6.07) is 7.68. The first-order valence-corrected chi connectivity index (χ1v) is 11.1. The first kappa shape index (κ1) is 20.1. The van der Waals surface area contributed by atoms with Crippen LogP contribution in [-0.4, -0.2) is 69.9 Å². The molecule has 31 heavy (non-hydrogen) atoms. The summed E-state index contributed by atoms with van der Waals surface area (Å²) in [4.78, 5) is 24.9. The lowest BCUT2D eigenvalue weighted by Crippen LogP contribution is -2.38. The largest absolute Gasteiger partial charge is 0.379 e. The Morgan fingerprint density at radius 2 is 2.10 bits per heavy atom. The fraction of sp³-hybridized carbons (Fsp3) is 0.478. The summed E-state index contributed by atoms with van der Waals surface area (Å²) in [7, 11) is 0. The maximum Gasteiger partial charge on any atom is 0.252 e. The second kappa shape index (κ2) is 8.72. The summed E-state index contributed by atoms with van der Waals surface area (Å²) in [5, 5.41) is 8.60. The van der Waals surface area contributed by atoms with Gasteiger partial charge in [-0.15, -0.1) is 0 Å². The second-order valence-electron chi connectivity index (χ2n) is 8.32. The van der Waals surface area contributed by atoms with Gasteiger partial charge in [0.1, 0.15) is 0 Å². The lowest BCUT2D eigenvalue weighted by Gasteiger charge is -2.26.